The van der Waals surface area contributed by atoms with Gasteiger partial charge in [0.25, 0.3) is 0 Å². The van der Waals surface area contributed by atoms with E-state index in [1.807, 2.05) is 30.3 Å². The lowest BCUT2D eigenvalue weighted by Crippen LogP contribution is -2.43. The van der Waals surface area contributed by atoms with Crippen molar-refractivity contribution in [1.82, 2.24) is 25.1 Å². The average molecular weight is 347 g/mol. The maximum atomic E-state index is 11.7. The van der Waals surface area contributed by atoms with Crippen molar-refractivity contribution in [3.05, 3.63) is 30.3 Å². The first-order valence-corrected chi connectivity index (χ1v) is 8.14. The third kappa shape index (κ3) is 4.12. The number of benzene rings is 1. The maximum Gasteiger partial charge on any atom is 0.609 e. The zero-order chi connectivity index (χ0) is 16.9. The van der Waals surface area contributed by atoms with Gasteiger partial charge >= 0.3 is 19.1 Å². The van der Waals surface area contributed by atoms with Gasteiger partial charge in [-0.2, -0.15) is 4.68 Å². The topological polar surface area (TPSA) is 99.4 Å². The van der Waals surface area contributed by atoms with Gasteiger partial charge in [-0.25, -0.2) is 0 Å². The fraction of sp³-hybridized carbons (Fsp3) is 0.308. The molecule has 0 saturated carbocycles. The Labute approximate surface area is 142 Å². The molecule has 0 bridgehead atoms. The summed E-state index contributed by atoms with van der Waals surface area (Å²) in [4.78, 5) is 24.9. The zero-order valence-electron chi connectivity index (χ0n) is 12.9. The molecule has 0 radical (unpaired) electrons. The molecule has 11 heteroatoms. The number of para-hydroxylation sites is 1. The van der Waals surface area contributed by atoms with Crippen molar-refractivity contribution < 1.29 is 18.9 Å². The molecule has 0 N–H and O–H groups in total. The molecule has 9 nitrogen and oxygen atoms in total. The van der Waals surface area contributed by atoms with Gasteiger partial charge in [-0.05, 0) is 29.6 Å². The standard InChI is InChI=1S/C13H14BN5O4S/c1-18-7-11(20)22-14(23-12(21)8-18)9-24-13-15-16-17-19(13)10-5-3-2-4-6-10/h2-6H,7-9H2,1H3. The van der Waals surface area contributed by atoms with Gasteiger partial charge in [-0.15, -0.1) is 5.10 Å². The van der Waals surface area contributed by atoms with Crippen LogP contribution in [0.5, 0.6) is 0 Å². The molecule has 1 aromatic carbocycles. The summed E-state index contributed by atoms with van der Waals surface area (Å²) in [5.74, 6) is -0.892. The molecular weight excluding hydrogens is 333 g/mol. The highest BCUT2D eigenvalue weighted by Crippen LogP contribution is 2.19. The van der Waals surface area contributed by atoms with Gasteiger partial charge in [0.05, 0.1) is 24.4 Å². The molecule has 124 valence electrons. The van der Waals surface area contributed by atoms with Gasteiger partial charge in [0.2, 0.25) is 5.16 Å². The van der Waals surface area contributed by atoms with Crippen molar-refractivity contribution in [2.45, 2.75) is 5.16 Å². The van der Waals surface area contributed by atoms with Gasteiger partial charge in [0, 0.05) is 0 Å². The number of hydrogen-bond donors (Lipinski definition) is 0. The number of thioether (sulfide) groups is 1. The minimum Gasteiger partial charge on any atom is -0.498 e. The molecule has 3 rings (SSSR count). The van der Waals surface area contributed by atoms with Gasteiger partial charge in [-0.1, -0.05) is 30.0 Å². The highest BCUT2D eigenvalue weighted by Gasteiger charge is 2.32. The fourth-order valence-electron chi connectivity index (χ4n) is 2.10. The van der Waals surface area contributed by atoms with E-state index in [0.717, 1.165) is 5.69 Å². The maximum absolute atomic E-state index is 11.7. The second-order valence-electron chi connectivity index (χ2n) is 5.10. The normalized spacial score (nSPS) is 16.3. The summed E-state index contributed by atoms with van der Waals surface area (Å²) < 4.78 is 11.9. The van der Waals surface area contributed by atoms with Gasteiger partial charge in [0.15, 0.2) is 0 Å². The van der Waals surface area contributed by atoms with E-state index < -0.39 is 19.1 Å². The van der Waals surface area contributed by atoms with Crippen LogP contribution in [0, 0.1) is 0 Å². The Morgan fingerprint density at radius 1 is 1.17 bits per heavy atom. The molecule has 0 aliphatic carbocycles. The summed E-state index contributed by atoms with van der Waals surface area (Å²) in [5, 5.41) is 12.0. The van der Waals surface area contributed by atoms with Crippen LogP contribution < -0.4 is 0 Å². The SMILES string of the molecule is CN1CC(=O)OB(CSc2nnnn2-c2ccccc2)OC(=O)C1. The number of hydrogen-bond acceptors (Lipinski definition) is 9. The molecule has 2 aromatic rings. The smallest absolute Gasteiger partial charge is 0.498 e. The predicted octanol–water partition coefficient (Wildman–Crippen LogP) is -0.186. The molecule has 24 heavy (non-hydrogen) atoms. The molecule has 0 amide bonds. The van der Waals surface area contributed by atoms with E-state index in [-0.39, 0.29) is 18.7 Å². The first-order valence-electron chi connectivity index (χ1n) is 7.16. The van der Waals surface area contributed by atoms with E-state index in [1.54, 1.807) is 11.7 Å². The minimum absolute atomic E-state index is 0.0397. The Hall–Kier alpha value is -2.40. The lowest BCUT2D eigenvalue weighted by molar-refractivity contribution is -0.145. The van der Waals surface area contributed by atoms with Crippen LogP contribution in [0.2, 0.25) is 0 Å². The Kier molecular flexibility index (Phi) is 5.11. The van der Waals surface area contributed by atoms with Crippen molar-refractivity contribution >= 4 is 30.8 Å². The molecule has 0 unspecified atom stereocenters. The number of rotatable bonds is 4. The molecule has 0 spiro atoms. The summed E-state index contributed by atoms with van der Waals surface area (Å²) in [6, 6.07) is 9.38. The van der Waals surface area contributed by atoms with E-state index in [2.05, 4.69) is 15.5 Å². The molecule has 1 aliphatic rings. The third-order valence-electron chi connectivity index (χ3n) is 3.11. The second-order valence-corrected chi connectivity index (χ2v) is 6.09. The van der Waals surface area contributed by atoms with Crippen LogP contribution in [-0.2, 0) is 18.9 Å². The van der Waals surface area contributed by atoms with Crippen LogP contribution in [0.4, 0.5) is 0 Å². The lowest BCUT2D eigenvalue weighted by atomic mass is 9.94. The van der Waals surface area contributed by atoms with Crippen LogP contribution in [-0.4, -0.2) is 70.0 Å². The third-order valence-corrected chi connectivity index (χ3v) is 4.07. The second kappa shape index (κ2) is 7.45. The zero-order valence-corrected chi connectivity index (χ0v) is 13.7. The van der Waals surface area contributed by atoms with Crippen molar-refractivity contribution in [2.75, 3.05) is 25.8 Å². The molecule has 1 saturated heterocycles. The van der Waals surface area contributed by atoms with Crippen molar-refractivity contribution in [1.29, 1.82) is 0 Å². The summed E-state index contributed by atoms with van der Waals surface area (Å²) >= 11 is 1.23. The molecule has 1 aromatic heterocycles. The first-order chi connectivity index (χ1) is 11.6. The highest BCUT2D eigenvalue weighted by molar-refractivity contribution is 8.00. The summed E-state index contributed by atoms with van der Waals surface area (Å²) in [7, 11) is 0.677. The number of aromatic nitrogens is 4. The van der Waals surface area contributed by atoms with E-state index in [1.165, 1.54) is 16.7 Å². The quantitative estimate of drug-likeness (QED) is 0.550. The number of carbonyl (C=O) groups excluding carboxylic acids is 2. The summed E-state index contributed by atoms with van der Waals surface area (Å²) in [6.45, 7) is 0.0794. The Morgan fingerprint density at radius 2 is 1.83 bits per heavy atom. The molecular formula is C13H14BN5O4S. The van der Waals surface area contributed by atoms with E-state index >= 15 is 0 Å². The fourth-order valence-corrected chi connectivity index (χ4v) is 2.88. The molecule has 1 aliphatic heterocycles. The van der Waals surface area contributed by atoms with Crippen molar-refractivity contribution in [3.8, 4) is 5.69 Å². The molecule has 0 atom stereocenters. The van der Waals surface area contributed by atoms with E-state index in [0.29, 0.717) is 5.16 Å². The van der Waals surface area contributed by atoms with Crippen LogP contribution in [0.25, 0.3) is 5.69 Å². The van der Waals surface area contributed by atoms with Crippen LogP contribution in [0.1, 0.15) is 0 Å². The molecule has 2 heterocycles. The Morgan fingerprint density at radius 3 is 2.50 bits per heavy atom. The summed E-state index contributed by atoms with van der Waals surface area (Å²) in [5.41, 5.74) is 1.01. The van der Waals surface area contributed by atoms with Crippen molar-refractivity contribution in [2.24, 2.45) is 0 Å². The largest absolute Gasteiger partial charge is 0.609 e. The lowest BCUT2D eigenvalue weighted by Gasteiger charge is -2.22. The van der Waals surface area contributed by atoms with E-state index in [9.17, 15) is 9.59 Å². The number of nitrogens with zero attached hydrogens (tertiary/aromatic N) is 5. The van der Waals surface area contributed by atoms with E-state index in [4.69, 9.17) is 9.31 Å². The minimum atomic E-state index is -0.968. The number of tetrazole rings is 1. The molecule has 1 fully saturated rings. The number of likely N-dealkylation sites (N-methyl/N-ethyl adjacent to an activating group) is 1. The Balaban J connectivity index is 1.66. The predicted molar refractivity (Wildman–Crippen MR) is 85.3 cm³/mol. The average Bonchev–Trinajstić information content (AvgIpc) is 3.00. The monoisotopic (exact) mass is 347 g/mol. The number of carbonyl (C=O) groups is 2. The van der Waals surface area contributed by atoms with Crippen LogP contribution in [0.15, 0.2) is 35.5 Å². The van der Waals surface area contributed by atoms with Crippen molar-refractivity contribution in [3.63, 3.8) is 0 Å². The first kappa shape index (κ1) is 16.5. The van der Waals surface area contributed by atoms with Gasteiger partial charge in [0.1, 0.15) is 0 Å². The highest BCUT2D eigenvalue weighted by atomic mass is 32.2. The van der Waals surface area contributed by atoms with Gasteiger partial charge in [-0.3, -0.25) is 14.5 Å². The Bertz CT molecular complexity index is 708. The van der Waals surface area contributed by atoms with Crippen LogP contribution in [0.3, 0.4) is 0 Å². The van der Waals surface area contributed by atoms with Crippen LogP contribution >= 0.6 is 11.8 Å². The van der Waals surface area contributed by atoms with Gasteiger partial charge < -0.3 is 9.31 Å². The summed E-state index contributed by atoms with van der Waals surface area (Å²) in [6.07, 6.45) is 0.